The zero-order valence-electron chi connectivity index (χ0n) is 67.0. The van der Waals surface area contributed by atoms with E-state index in [0.29, 0.717) is 0 Å². The summed E-state index contributed by atoms with van der Waals surface area (Å²) in [6, 6.07) is 167. The molecule has 0 amide bonds. The summed E-state index contributed by atoms with van der Waals surface area (Å²) in [6.45, 7) is 13.2. The van der Waals surface area contributed by atoms with Gasteiger partial charge in [0, 0.05) is 5.41 Å². The Hall–Kier alpha value is -13.5. The van der Waals surface area contributed by atoms with Crippen LogP contribution in [-0.2, 0) is 28.1 Å². The van der Waals surface area contributed by atoms with E-state index < -0.39 is 21.7 Å². The average Bonchev–Trinajstić information content (AvgIpc) is 0.670. The largest absolute Gasteiger partial charge is 0.0701 e. The fraction of sp³-hybridized carbons (Fsp3) is 0.103. The van der Waals surface area contributed by atoms with Crippen LogP contribution in [0.25, 0.3) is 66.1 Å². The van der Waals surface area contributed by atoms with Crippen LogP contribution in [0.2, 0.25) is 0 Å². The quantitative estimate of drug-likeness (QED) is 0.0629. The molecule has 0 bridgehead atoms. The van der Waals surface area contributed by atoms with Crippen molar-refractivity contribution in [1.29, 1.82) is 0 Å². The molecule has 116 heavy (non-hydrogen) atoms. The summed E-state index contributed by atoms with van der Waals surface area (Å²) in [5.41, 5.74) is 30.7. The van der Waals surface area contributed by atoms with Crippen molar-refractivity contribution in [3.63, 3.8) is 0 Å². The first-order valence-electron chi connectivity index (χ1n) is 41.0. The lowest BCUT2D eigenvalue weighted by Crippen LogP contribution is -2.53. The number of benzene rings is 18. The van der Waals surface area contributed by atoms with Gasteiger partial charge in [-0.3, -0.25) is 0 Å². The Kier molecular flexibility index (Phi) is 20.0. The molecule has 0 aromatic heterocycles. The van der Waals surface area contributed by atoms with Crippen molar-refractivity contribution in [3.8, 4) is 44.5 Å². The van der Waals surface area contributed by atoms with E-state index in [0.717, 1.165) is 46.2 Å². The van der Waals surface area contributed by atoms with E-state index in [-0.39, 0.29) is 0 Å². The molecule has 0 heteroatoms. The normalized spacial score (nSPS) is 12.8. The maximum absolute atomic E-state index is 2.48. The highest BCUT2D eigenvalue weighted by atomic mass is 14.6. The van der Waals surface area contributed by atoms with Gasteiger partial charge in [0.15, 0.2) is 0 Å². The van der Waals surface area contributed by atoms with Crippen LogP contribution in [0.5, 0.6) is 0 Å². The molecule has 558 valence electrons. The maximum atomic E-state index is 2.48. The van der Waals surface area contributed by atoms with Crippen LogP contribution >= 0.6 is 0 Å². The van der Waals surface area contributed by atoms with E-state index in [1.54, 1.807) is 0 Å². The molecule has 0 radical (unpaired) electrons. The lowest BCUT2D eigenvalue weighted by atomic mass is 9.46. The van der Waals surface area contributed by atoms with Crippen LogP contribution in [0, 0.1) is 41.5 Å². The van der Waals surface area contributed by atoms with Crippen LogP contribution in [0.3, 0.4) is 0 Å². The number of aryl methyl sites for hydroxylation is 7. The van der Waals surface area contributed by atoms with Gasteiger partial charge in [0.1, 0.15) is 0 Å². The lowest BCUT2D eigenvalue weighted by molar-refractivity contribution is 0.425. The predicted molar refractivity (Wildman–Crippen MR) is 489 cm³/mol. The second-order valence-electron chi connectivity index (χ2n) is 32.1. The third-order valence-corrected chi connectivity index (χ3v) is 25.4. The van der Waals surface area contributed by atoms with Gasteiger partial charge >= 0.3 is 0 Å². The van der Waals surface area contributed by atoms with E-state index in [2.05, 4.69) is 478 Å². The molecule has 0 spiro atoms. The molecule has 2 unspecified atom stereocenters. The highest BCUT2D eigenvalue weighted by Crippen LogP contribution is 2.63. The molecular weight excluding hydrogens is 1390 g/mol. The van der Waals surface area contributed by atoms with Gasteiger partial charge < -0.3 is 0 Å². The van der Waals surface area contributed by atoms with Crippen LogP contribution < -0.4 is 0 Å². The van der Waals surface area contributed by atoms with Gasteiger partial charge in [-0.05, 0) is 209 Å². The van der Waals surface area contributed by atoms with Crippen LogP contribution in [0.1, 0.15) is 118 Å². The molecule has 0 saturated heterocycles. The van der Waals surface area contributed by atoms with E-state index >= 15 is 0 Å². The molecule has 0 N–H and O–H groups in total. The Morgan fingerprint density at radius 1 is 0.172 bits per heavy atom. The molecule has 0 saturated carbocycles. The highest BCUT2D eigenvalue weighted by Gasteiger charge is 2.59. The molecule has 0 aliphatic carbocycles. The average molecular weight is 1490 g/mol. The molecule has 18 aromatic rings. The number of fused-ring (bicyclic) bond motifs is 2. The molecule has 18 aromatic carbocycles. The summed E-state index contributed by atoms with van der Waals surface area (Å²) in [7, 11) is 0. The van der Waals surface area contributed by atoms with Crippen LogP contribution in [0.15, 0.2) is 437 Å². The fourth-order valence-corrected chi connectivity index (χ4v) is 19.4. The Labute approximate surface area is 685 Å². The molecule has 0 fully saturated rings. The topological polar surface area (TPSA) is 0 Å². The zero-order valence-corrected chi connectivity index (χ0v) is 67.0. The number of hydrogen-bond donors (Lipinski definition) is 0. The van der Waals surface area contributed by atoms with Crippen LogP contribution in [0.4, 0.5) is 0 Å². The van der Waals surface area contributed by atoms with Crippen molar-refractivity contribution in [2.45, 2.75) is 76.0 Å². The van der Waals surface area contributed by atoms with Crippen molar-refractivity contribution < 1.29 is 0 Å². The highest BCUT2D eigenvalue weighted by molar-refractivity contribution is 5.96. The minimum Gasteiger partial charge on any atom is -0.0622 e. The van der Waals surface area contributed by atoms with E-state index in [1.807, 2.05) is 0 Å². The lowest BCUT2D eigenvalue weighted by Gasteiger charge is -2.54. The van der Waals surface area contributed by atoms with Gasteiger partial charge in [-0.2, -0.15) is 0 Å². The molecule has 0 aliphatic heterocycles. The van der Waals surface area contributed by atoms with Crippen molar-refractivity contribution in [2.24, 2.45) is 0 Å². The Morgan fingerprint density at radius 3 is 0.716 bits per heavy atom. The molecule has 0 aliphatic rings. The summed E-state index contributed by atoms with van der Waals surface area (Å²) in [5, 5.41) is 4.86. The van der Waals surface area contributed by atoms with Gasteiger partial charge in [-0.1, -0.05) is 459 Å². The first-order valence-corrected chi connectivity index (χ1v) is 41.0. The maximum Gasteiger partial charge on any atom is 0.0701 e. The predicted octanol–water partition coefficient (Wildman–Crippen LogP) is 29.2. The summed E-state index contributed by atoms with van der Waals surface area (Å²) in [6.07, 6.45) is 1.81. The van der Waals surface area contributed by atoms with Gasteiger partial charge in [-0.25, -0.2) is 0 Å². The number of rotatable bonds is 21. The van der Waals surface area contributed by atoms with E-state index in [9.17, 15) is 0 Å². The molecule has 0 nitrogen and oxygen atoms in total. The third-order valence-electron chi connectivity index (χ3n) is 25.4. The zero-order chi connectivity index (χ0) is 78.8. The van der Waals surface area contributed by atoms with Gasteiger partial charge in [0.2, 0.25) is 0 Å². The van der Waals surface area contributed by atoms with Gasteiger partial charge in [-0.15, -0.1) is 0 Å². The standard InChI is InChI=1S/C116H94/c1-81-35-45-87(46-36-81)79-80-113(96-23-11-7-12-24-96,97-63-41-84(4)42-64-97)98-65-51-90(52-66-98)94-59-73-105(74-60-94)116(112-78-44-86(6)108-32-20-22-34-110(108)112,115(103-27-15-9-16-28-103,104-29-17-10-18-30-104)111-77-43-85(5)107-31-19-21-33-109(107)111)106-75-61-95(62-76-106)93-57-71-102(72-58-93)114(99-25-13-8-14-26-99,100-67-53-91(54-68-100)88-47-37-82(2)38-48-88)101-69-55-92(56-70-101)89-49-39-83(3)40-50-89/h7-78H,79-80H2,1-6H3. The molecule has 2 atom stereocenters. The van der Waals surface area contributed by atoms with Crippen molar-refractivity contribution in [2.75, 3.05) is 0 Å². The fourth-order valence-electron chi connectivity index (χ4n) is 19.4. The third kappa shape index (κ3) is 13.1. The minimum atomic E-state index is -1.04. The molecule has 18 rings (SSSR count). The Morgan fingerprint density at radius 2 is 0.388 bits per heavy atom. The monoisotopic (exact) mass is 1490 g/mol. The van der Waals surface area contributed by atoms with Crippen molar-refractivity contribution in [1.82, 2.24) is 0 Å². The Balaban J connectivity index is 0.846. The molecular formula is C116H94. The summed E-state index contributed by atoms with van der Waals surface area (Å²) in [4.78, 5) is 0. The van der Waals surface area contributed by atoms with E-state index in [4.69, 9.17) is 0 Å². The van der Waals surface area contributed by atoms with Crippen molar-refractivity contribution >= 4 is 21.5 Å². The second kappa shape index (κ2) is 31.5. The summed E-state index contributed by atoms with van der Waals surface area (Å²) < 4.78 is 0. The second-order valence-corrected chi connectivity index (χ2v) is 32.1. The number of hydrogen-bond acceptors (Lipinski definition) is 0. The summed E-state index contributed by atoms with van der Waals surface area (Å²) >= 11 is 0. The first-order chi connectivity index (χ1) is 56.9. The SMILES string of the molecule is Cc1ccc(CCC(c2ccccc2)(c2ccc(C)cc2)c2ccc(-c3ccc(C(c4ccc(-c5ccc(C(c6ccccc6)(c6ccc(-c7ccc(C)cc7)cc6)c6ccc(-c7ccc(C)cc7)cc6)cc5)cc4)(c4ccc(C)c5ccccc45)C(c4ccccc4)(c4ccccc4)c4ccc(C)c5ccccc45)cc3)cc2)cc1. The van der Waals surface area contributed by atoms with Gasteiger partial charge in [0.05, 0.1) is 16.2 Å². The minimum absolute atomic E-state index is 0.434. The smallest absolute Gasteiger partial charge is 0.0622 e. The van der Waals surface area contributed by atoms with Crippen molar-refractivity contribution in [3.05, 3.63) is 548 Å². The van der Waals surface area contributed by atoms with E-state index in [1.165, 1.54) is 144 Å². The van der Waals surface area contributed by atoms with Gasteiger partial charge in [0.25, 0.3) is 0 Å². The molecule has 0 heterocycles. The van der Waals surface area contributed by atoms with Crippen LogP contribution in [-0.4, -0.2) is 0 Å². The first kappa shape index (κ1) is 73.9. The Bertz CT molecular complexity index is 6300. The summed E-state index contributed by atoms with van der Waals surface area (Å²) in [5.74, 6) is 0.